The largest absolute Gasteiger partial charge is 0.416 e. The van der Waals surface area contributed by atoms with Crippen molar-refractivity contribution in [3.63, 3.8) is 0 Å². The Morgan fingerprint density at radius 1 is 0.897 bits per heavy atom. The van der Waals surface area contributed by atoms with Gasteiger partial charge in [-0.3, -0.25) is 9.29 Å². The number of halogens is 5. The topological polar surface area (TPSA) is 50.3 Å². The number of sulfonamides is 1. The summed E-state index contributed by atoms with van der Waals surface area (Å²) < 4.78 is 81.0. The number of anilines is 1. The third-order valence-corrected chi connectivity index (χ3v) is 8.58. The van der Waals surface area contributed by atoms with Crippen LogP contribution in [0.3, 0.4) is 0 Å². The molecule has 0 fully saturated rings. The molecule has 1 aliphatic rings. The van der Waals surface area contributed by atoms with Gasteiger partial charge in [-0.25, -0.2) is 12.8 Å². The molecule has 4 aromatic rings. The van der Waals surface area contributed by atoms with Crippen LogP contribution in [0.1, 0.15) is 25.0 Å². The molecule has 0 atom stereocenters. The van der Waals surface area contributed by atoms with E-state index in [4.69, 9.17) is 0 Å². The number of hydrogen-bond donors (Lipinski definition) is 0. The maximum absolute atomic E-state index is 14.1. The number of benzene rings is 3. The summed E-state index contributed by atoms with van der Waals surface area (Å²) in [5.41, 5.74) is 1.38. The molecule has 0 spiro atoms. The average molecular weight is 621 g/mol. The lowest BCUT2D eigenvalue weighted by atomic mass is 9.81. The van der Waals surface area contributed by atoms with E-state index < -0.39 is 33.0 Å². The fourth-order valence-corrected chi connectivity index (χ4v) is 6.29. The lowest BCUT2D eigenvalue weighted by Crippen LogP contribution is -2.44. The fourth-order valence-electron chi connectivity index (χ4n) is 4.34. The van der Waals surface area contributed by atoms with Crippen molar-refractivity contribution in [1.82, 2.24) is 4.98 Å². The predicted molar refractivity (Wildman–Crippen MR) is 147 cm³/mol. The highest BCUT2D eigenvalue weighted by atomic mass is 79.9. The van der Waals surface area contributed by atoms with Gasteiger partial charge in [-0.15, -0.1) is 0 Å². The summed E-state index contributed by atoms with van der Waals surface area (Å²) in [6.07, 6.45) is -0.336. The summed E-state index contributed by atoms with van der Waals surface area (Å²) in [5, 5.41) is 0. The molecule has 5 rings (SSSR count). The number of aromatic nitrogens is 1. The molecule has 0 saturated heterocycles. The fraction of sp³-hybridized carbons (Fsp3) is 0.207. The molecule has 10 heteroatoms. The van der Waals surface area contributed by atoms with Gasteiger partial charge in [-0.1, -0.05) is 38.1 Å². The third kappa shape index (κ3) is 6.67. The molecule has 3 aromatic carbocycles. The molecular formula is C29H25BrF4N2O2S. The van der Waals surface area contributed by atoms with Crippen LogP contribution in [-0.2, 0) is 22.6 Å². The standard InChI is InChI=1S/C24H20BrF4NO2S.C5H5N/c1-23(2)13-17-11-16(15-3-6-18(7-4-15)24(27,28)29)5-10-22(17)30(14-23)33(31,32)19-8-9-20(25)21(26)12-19;1-2-4-6-5-3-1/h3-12H,13-14H2,1-2H3;1-5H. The first-order valence-electron chi connectivity index (χ1n) is 11.9. The summed E-state index contributed by atoms with van der Waals surface area (Å²) >= 11 is 3.04. The van der Waals surface area contributed by atoms with Gasteiger partial charge in [0.25, 0.3) is 10.0 Å². The van der Waals surface area contributed by atoms with Gasteiger partial charge in [-0.2, -0.15) is 13.2 Å². The Bertz CT molecular complexity index is 1530. The molecular weight excluding hydrogens is 596 g/mol. The zero-order chi connectivity index (χ0) is 28.4. The van der Waals surface area contributed by atoms with E-state index in [0.717, 1.165) is 23.8 Å². The van der Waals surface area contributed by atoms with Gasteiger partial charge in [0.1, 0.15) is 5.82 Å². The molecule has 0 saturated carbocycles. The Labute approximate surface area is 233 Å². The zero-order valence-corrected chi connectivity index (χ0v) is 23.5. The van der Waals surface area contributed by atoms with Crippen molar-refractivity contribution in [3.8, 4) is 11.1 Å². The third-order valence-electron chi connectivity index (χ3n) is 6.18. The summed E-state index contributed by atoms with van der Waals surface area (Å²) in [4.78, 5) is 3.63. The van der Waals surface area contributed by atoms with E-state index in [1.807, 2.05) is 38.1 Å². The summed E-state index contributed by atoms with van der Waals surface area (Å²) in [6, 6.07) is 19.4. The van der Waals surface area contributed by atoms with Gasteiger partial charge in [0.15, 0.2) is 0 Å². The predicted octanol–water partition coefficient (Wildman–Crippen LogP) is 8.13. The molecule has 39 heavy (non-hydrogen) atoms. The Balaban J connectivity index is 0.000000519. The molecule has 4 nitrogen and oxygen atoms in total. The monoisotopic (exact) mass is 620 g/mol. The number of rotatable bonds is 3. The van der Waals surface area contributed by atoms with Crippen molar-refractivity contribution in [3.05, 3.63) is 113 Å². The lowest BCUT2D eigenvalue weighted by molar-refractivity contribution is -0.137. The number of hydrogen-bond acceptors (Lipinski definition) is 3. The smallest absolute Gasteiger partial charge is 0.266 e. The Kier molecular flexibility index (Phi) is 8.18. The van der Waals surface area contributed by atoms with Gasteiger partial charge in [0.05, 0.1) is 20.6 Å². The number of alkyl halides is 3. The normalized spacial score (nSPS) is 14.7. The van der Waals surface area contributed by atoms with Crippen LogP contribution in [0.25, 0.3) is 11.1 Å². The summed E-state index contributed by atoms with van der Waals surface area (Å²) in [6.45, 7) is 4.08. The van der Waals surface area contributed by atoms with Crippen molar-refractivity contribution in [1.29, 1.82) is 0 Å². The first kappa shape index (κ1) is 28.8. The van der Waals surface area contributed by atoms with E-state index >= 15 is 0 Å². The van der Waals surface area contributed by atoms with Crippen LogP contribution < -0.4 is 4.31 Å². The summed E-state index contributed by atoms with van der Waals surface area (Å²) in [7, 11) is -4.04. The molecule has 204 valence electrons. The first-order chi connectivity index (χ1) is 18.3. The minimum atomic E-state index is -4.42. The Morgan fingerprint density at radius 3 is 2.08 bits per heavy atom. The molecule has 2 heterocycles. The van der Waals surface area contributed by atoms with E-state index in [0.29, 0.717) is 23.2 Å². The van der Waals surface area contributed by atoms with E-state index in [9.17, 15) is 26.0 Å². The molecule has 1 aliphatic heterocycles. The zero-order valence-electron chi connectivity index (χ0n) is 21.1. The summed E-state index contributed by atoms with van der Waals surface area (Å²) in [5.74, 6) is -0.676. The molecule has 1 aromatic heterocycles. The van der Waals surface area contributed by atoms with Gasteiger partial charge in [-0.05, 0) is 99.1 Å². The Morgan fingerprint density at radius 2 is 1.54 bits per heavy atom. The SMILES string of the molecule is CC1(C)Cc2cc(-c3ccc(C(F)(F)F)cc3)ccc2N(S(=O)(=O)c2ccc(Br)c(F)c2)C1.c1ccncc1. The second-order valence-electron chi connectivity index (χ2n) is 9.87. The van der Waals surface area contributed by atoms with Crippen LogP contribution in [0.15, 0.2) is 101 Å². The lowest BCUT2D eigenvalue weighted by Gasteiger charge is -2.40. The molecule has 0 N–H and O–H groups in total. The minimum Gasteiger partial charge on any atom is -0.266 e. The first-order valence-corrected chi connectivity index (χ1v) is 14.1. The van der Waals surface area contributed by atoms with Crippen LogP contribution in [-0.4, -0.2) is 19.9 Å². The van der Waals surface area contributed by atoms with Crippen molar-refractivity contribution < 1.29 is 26.0 Å². The Hall–Kier alpha value is -3.24. The average Bonchev–Trinajstić information content (AvgIpc) is 2.89. The van der Waals surface area contributed by atoms with Crippen LogP contribution in [0, 0.1) is 11.2 Å². The maximum Gasteiger partial charge on any atom is 0.416 e. The van der Waals surface area contributed by atoms with Crippen molar-refractivity contribution >= 4 is 31.6 Å². The van der Waals surface area contributed by atoms with E-state index in [1.165, 1.54) is 28.6 Å². The van der Waals surface area contributed by atoms with Gasteiger partial charge < -0.3 is 0 Å². The quantitative estimate of drug-likeness (QED) is 0.217. The van der Waals surface area contributed by atoms with Crippen LogP contribution in [0.5, 0.6) is 0 Å². The van der Waals surface area contributed by atoms with Gasteiger partial charge in [0, 0.05) is 18.9 Å². The van der Waals surface area contributed by atoms with Crippen molar-refractivity contribution in [2.45, 2.75) is 31.3 Å². The molecule has 0 unspecified atom stereocenters. The highest BCUT2D eigenvalue weighted by Crippen LogP contribution is 2.41. The van der Waals surface area contributed by atoms with E-state index in [1.54, 1.807) is 24.5 Å². The van der Waals surface area contributed by atoms with E-state index in [-0.39, 0.29) is 15.9 Å². The second kappa shape index (κ2) is 11.1. The highest BCUT2D eigenvalue weighted by molar-refractivity contribution is 9.10. The number of fused-ring (bicyclic) bond motifs is 1. The minimum absolute atomic E-state index is 0.154. The van der Waals surface area contributed by atoms with Crippen LogP contribution >= 0.6 is 15.9 Å². The van der Waals surface area contributed by atoms with Crippen molar-refractivity contribution in [2.75, 3.05) is 10.8 Å². The molecule has 0 aliphatic carbocycles. The van der Waals surface area contributed by atoms with Crippen LogP contribution in [0.2, 0.25) is 0 Å². The number of pyridine rings is 1. The molecule has 0 radical (unpaired) electrons. The molecule has 0 bridgehead atoms. The maximum atomic E-state index is 14.1. The van der Waals surface area contributed by atoms with Gasteiger partial charge in [0.2, 0.25) is 0 Å². The number of nitrogens with zero attached hydrogens (tertiary/aromatic N) is 2. The second-order valence-corrected chi connectivity index (χ2v) is 12.6. The highest BCUT2D eigenvalue weighted by Gasteiger charge is 2.37. The molecule has 0 amide bonds. The van der Waals surface area contributed by atoms with Crippen LogP contribution in [0.4, 0.5) is 23.2 Å². The van der Waals surface area contributed by atoms with E-state index in [2.05, 4.69) is 20.9 Å². The van der Waals surface area contributed by atoms with Gasteiger partial charge >= 0.3 is 6.18 Å². The van der Waals surface area contributed by atoms with Crippen molar-refractivity contribution in [2.24, 2.45) is 5.41 Å².